The Hall–Kier alpha value is -1.61. The van der Waals surface area contributed by atoms with E-state index in [1.807, 2.05) is 0 Å². The third-order valence-corrected chi connectivity index (χ3v) is 4.45. The van der Waals surface area contributed by atoms with Crippen molar-refractivity contribution >= 4 is 37.5 Å². The molecule has 2 aromatic rings. The van der Waals surface area contributed by atoms with E-state index in [1.54, 1.807) is 0 Å². The fourth-order valence-corrected chi connectivity index (χ4v) is 3.19. The molecule has 0 saturated heterocycles. The average molecular weight is 349 g/mol. The Labute approximate surface area is 117 Å². The van der Waals surface area contributed by atoms with Crippen LogP contribution in [0.2, 0.25) is 0 Å². The molecule has 9 heteroatoms. The number of rotatable bonds is 3. The number of nitrogens with zero attached hydrogens (tertiary/aromatic N) is 2. The SMILES string of the molecule is Cn1cnc(N)c1S(=O)(=O)Nc1ccc(F)c(Br)c1. The Morgan fingerprint density at radius 2 is 2.16 bits per heavy atom. The highest BCUT2D eigenvalue weighted by Gasteiger charge is 2.22. The molecule has 0 amide bonds. The summed E-state index contributed by atoms with van der Waals surface area (Å²) in [5.41, 5.74) is 5.73. The number of imidazole rings is 1. The van der Waals surface area contributed by atoms with Crippen molar-refractivity contribution in [3.05, 3.63) is 34.8 Å². The number of halogens is 2. The van der Waals surface area contributed by atoms with Crippen molar-refractivity contribution in [3.63, 3.8) is 0 Å². The van der Waals surface area contributed by atoms with Gasteiger partial charge in [0.05, 0.1) is 16.5 Å². The molecule has 1 aromatic carbocycles. The van der Waals surface area contributed by atoms with E-state index < -0.39 is 15.8 Å². The number of anilines is 2. The molecule has 0 spiro atoms. The minimum Gasteiger partial charge on any atom is -0.381 e. The van der Waals surface area contributed by atoms with Gasteiger partial charge in [0.15, 0.2) is 10.8 Å². The van der Waals surface area contributed by atoms with Crippen LogP contribution in [0.15, 0.2) is 34.0 Å². The minimum absolute atomic E-state index is 0.101. The lowest BCUT2D eigenvalue weighted by atomic mass is 10.3. The van der Waals surface area contributed by atoms with E-state index in [1.165, 1.54) is 30.1 Å². The maximum atomic E-state index is 13.1. The smallest absolute Gasteiger partial charge is 0.281 e. The first-order valence-electron chi connectivity index (χ1n) is 5.06. The summed E-state index contributed by atoms with van der Waals surface area (Å²) in [4.78, 5) is 3.71. The van der Waals surface area contributed by atoms with Crippen LogP contribution < -0.4 is 10.5 Å². The van der Waals surface area contributed by atoms with Gasteiger partial charge in [-0.2, -0.15) is 8.42 Å². The van der Waals surface area contributed by atoms with Crippen molar-refractivity contribution < 1.29 is 12.8 Å². The Kier molecular flexibility index (Phi) is 3.50. The molecule has 0 atom stereocenters. The third kappa shape index (κ3) is 2.71. The highest BCUT2D eigenvalue weighted by atomic mass is 79.9. The Morgan fingerprint density at radius 1 is 1.47 bits per heavy atom. The molecule has 0 radical (unpaired) electrons. The van der Waals surface area contributed by atoms with Crippen LogP contribution in [0.4, 0.5) is 15.9 Å². The summed E-state index contributed by atoms with van der Waals surface area (Å²) in [6.45, 7) is 0. The Bertz CT molecular complexity index is 710. The molecular formula is C10H10BrFN4O2S. The van der Waals surface area contributed by atoms with Crippen molar-refractivity contribution in [2.75, 3.05) is 10.5 Å². The normalized spacial score (nSPS) is 11.5. The van der Waals surface area contributed by atoms with Gasteiger partial charge in [0.2, 0.25) is 0 Å². The van der Waals surface area contributed by atoms with Crippen molar-refractivity contribution in [1.29, 1.82) is 0 Å². The molecule has 0 aliphatic rings. The second kappa shape index (κ2) is 4.82. The first-order valence-corrected chi connectivity index (χ1v) is 7.33. The molecule has 0 unspecified atom stereocenters. The van der Waals surface area contributed by atoms with E-state index >= 15 is 0 Å². The van der Waals surface area contributed by atoms with Gasteiger partial charge in [0.25, 0.3) is 10.0 Å². The topological polar surface area (TPSA) is 90.0 Å². The second-order valence-corrected chi connectivity index (χ2v) is 6.23. The second-order valence-electron chi connectivity index (χ2n) is 3.78. The molecule has 19 heavy (non-hydrogen) atoms. The number of hydrogen-bond donors (Lipinski definition) is 2. The van der Waals surface area contributed by atoms with Gasteiger partial charge in [0.1, 0.15) is 5.82 Å². The van der Waals surface area contributed by atoms with Crippen LogP contribution in [0.1, 0.15) is 0 Å². The van der Waals surface area contributed by atoms with Gasteiger partial charge < -0.3 is 10.3 Å². The van der Waals surface area contributed by atoms with E-state index in [0.717, 1.165) is 6.07 Å². The highest BCUT2D eigenvalue weighted by molar-refractivity contribution is 9.10. The number of aromatic nitrogens is 2. The molecule has 1 heterocycles. The summed E-state index contributed by atoms with van der Waals surface area (Å²) in [6.07, 6.45) is 1.30. The van der Waals surface area contributed by atoms with Gasteiger partial charge in [-0.15, -0.1) is 0 Å². The molecule has 1 aromatic heterocycles. The monoisotopic (exact) mass is 348 g/mol. The van der Waals surface area contributed by atoms with E-state index in [2.05, 4.69) is 25.6 Å². The molecule has 2 rings (SSSR count). The Balaban J connectivity index is 2.39. The summed E-state index contributed by atoms with van der Waals surface area (Å²) in [5.74, 6) is -0.584. The van der Waals surface area contributed by atoms with Crippen molar-refractivity contribution in [3.8, 4) is 0 Å². The summed E-state index contributed by atoms with van der Waals surface area (Å²) in [5, 5.41) is -0.145. The molecular weight excluding hydrogens is 339 g/mol. The quantitative estimate of drug-likeness (QED) is 0.883. The third-order valence-electron chi connectivity index (χ3n) is 2.34. The molecule has 0 saturated carbocycles. The van der Waals surface area contributed by atoms with Gasteiger partial charge in [-0.25, -0.2) is 9.37 Å². The largest absolute Gasteiger partial charge is 0.381 e. The van der Waals surface area contributed by atoms with E-state index in [-0.39, 0.29) is 21.0 Å². The number of sulfonamides is 1. The number of benzene rings is 1. The van der Waals surface area contributed by atoms with Crippen LogP contribution in [-0.4, -0.2) is 18.0 Å². The van der Waals surface area contributed by atoms with E-state index in [4.69, 9.17) is 5.73 Å². The summed E-state index contributed by atoms with van der Waals surface area (Å²) in [7, 11) is -2.37. The lowest BCUT2D eigenvalue weighted by Gasteiger charge is -2.09. The number of nitrogens with one attached hydrogen (secondary N) is 1. The zero-order chi connectivity index (χ0) is 14.2. The average Bonchev–Trinajstić information content (AvgIpc) is 2.64. The number of nitrogen functional groups attached to an aromatic ring is 1. The fourth-order valence-electron chi connectivity index (χ4n) is 1.53. The number of hydrogen-bond acceptors (Lipinski definition) is 4. The maximum absolute atomic E-state index is 13.1. The number of nitrogens with two attached hydrogens (primary N) is 1. The van der Waals surface area contributed by atoms with Gasteiger partial charge in [-0.1, -0.05) is 0 Å². The maximum Gasteiger partial charge on any atom is 0.281 e. The predicted molar refractivity (Wildman–Crippen MR) is 72.5 cm³/mol. The first kappa shape index (κ1) is 13.8. The lowest BCUT2D eigenvalue weighted by molar-refractivity contribution is 0.591. The Morgan fingerprint density at radius 3 is 2.68 bits per heavy atom. The van der Waals surface area contributed by atoms with Crippen LogP contribution in [0, 0.1) is 5.82 Å². The first-order chi connectivity index (χ1) is 8.81. The predicted octanol–water partition coefficient (Wildman–Crippen LogP) is 1.70. The van der Waals surface area contributed by atoms with E-state index in [9.17, 15) is 12.8 Å². The minimum atomic E-state index is -3.88. The zero-order valence-corrected chi connectivity index (χ0v) is 12.2. The zero-order valence-electron chi connectivity index (χ0n) is 9.76. The van der Waals surface area contributed by atoms with Crippen LogP contribution in [0.25, 0.3) is 0 Å². The summed E-state index contributed by atoms with van der Waals surface area (Å²) >= 11 is 2.98. The molecule has 0 aliphatic carbocycles. The standard InChI is InChI=1S/C10H10BrFN4O2S/c1-16-5-14-9(13)10(16)19(17,18)15-6-2-3-8(12)7(11)4-6/h2-5,15H,13H2,1H3. The molecule has 3 N–H and O–H groups in total. The number of aryl methyl sites for hydroxylation is 1. The van der Waals surface area contributed by atoms with Gasteiger partial charge in [-0.05, 0) is 34.1 Å². The van der Waals surface area contributed by atoms with Crippen LogP contribution in [0.3, 0.4) is 0 Å². The van der Waals surface area contributed by atoms with Gasteiger partial charge in [-0.3, -0.25) is 4.72 Å². The van der Waals surface area contributed by atoms with Gasteiger partial charge in [0, 0.05) is 7.05 Å². The van der Waals surface area contributed by atoms with Crippen LogP contribution in [0.5, 0.6) is 0 Å². The van der Waals surface area contributed by atoms with Crippen molar-refractivity contribution in [2.24, 2.45) is 7.05 Å². The molecule has 0 bridgehead atoms. The highest BCUT2D eigenvalue weighted by Crippen LogP contribution is 2.24. The van der Waals surface area contributed by atoms with Crippen LogP contribution >= 0.6 is 15.9 Å². The van der Waals surface area contributed by atoms with Crippen molar-refractivity contribution in [1.82, 2.24) is 9.55 Å². The molecule has 0 aliphatic heterocycles. The van der Waals surface area contributed by atoms with Crippen molar-refractivity contribution in [2.45, 2.75) is 5.03 Å². The van der Waals surface area contributed by atoms with E-state index in [0.29, 0.717) is 0 Å². The molecule has 102 valence electrons. The fraction of sp³-hybridized carbons (Fsp3) is 0.100. The summed E-state index contributed by atoms with van der Waals surface area (Å²) < 4.78 is 41.1. The van der Waals surface area contributed by atoms with Crippen LogP contribution in [-0.2, 0) is 17.1 Å². The van der Waals surface area contributed by atoms with Gasteiger partial charge >= 0.3 is 0 Å². The summed E-state index contributed by atoms with van der Waals surface area (Å²) in [6, 6.07) is 3.78. The molecule has 0 fully saturated rings. The molecule has 6 nitrogen and oxygen atoms in total. The lowest BCUT2D eigenvalue weighted by Crippen LogP contribution is -2.17.